The molecule has 5 heteroatoms. The van der Waals surface area contributed by atoms with Crippen molar-refractivity contribution in [3.05, 3.63) is 59.7 Å². The molecule has 0 amide bonds. The Bertz CT molecular complexity index is 1120. The summed E-state index contributed by atoms with van der Waals surface area (Å²) in [6.45, 7) is 6.50. The van der Waals surface area contributed by atoms with Crippen LogP contribution in [0.4, 0.5) is 0 Å². The van der Waals surface area contributed by atoms with E-state index >= 15 is 0 Å². The summed E-state index contributed by atoms with van der Waals surface area (Å²) in [6.07, 6.45) is 6.28. The quantitative estimate of drug-likeness (QED) is 0.442. The normalized spacial score (nSPS) is 15.6. The molecule has 1 aliphatic carbocycles. The average Bonchev–Trinajstić information content (AvgIpc) is 3.39. The van der Waals surface area contributed by atoms with Crippen molar-refractivity contribution in [3.8, 4) is 21.6 Å². The second kappa shape index (κ2) is 8.27. The van der Waals surface area contributed by atoms with Gasteiger partial charge in [0.25, 0.3) is 0 Å². The molecule has 0 N–H and O–H groups in total. The first kappa shape index (κ1) is 21.3. The van der Waals surface area contributed by atoms with Gasteiger partial charge in [-0.15, -0.1) is 11.3 Å². The summed E-state index contributed by atoms with van der Waals surface area (Å²) in [7, 11) is -3.20. The monoisotopic (exact) mass is 439 g/mol. The summed E-state index contributed by atoms with van der Waals surface area (Å²) in [5.41, 5.74) is 4.46. The molecule has 30 heavy (non-hydrogen) atoms. The molecule has 1 aromatic carbocycles. The second-order valence-corrected chi connectivity index (χ2v) is 12.3. The van der Waals surface area contributed by atoms with E-state index in [1.54, 1.807) is 23.5 Å². The number of hydrogen-bond acceptors (Lipinski definition) is 4. The Morgan fingerprint density at radius 2 is 1.67 bits per heavy atom. The lowest BCUT2D eigenvalue weighted by molar-refractivity contribution is 0.559. The molecule has 0 unspecified atom stereocenters. The van der Waals surface area contributed by atoms with E-state index in [0.29, 0.717) is 10.8 Å². The van der Waals surface area contributed by atoms with Gasteiger partial charge in [-0.2, -0.15) is 0 Å². The lowest BCUT2D eigenvalue weighted by Crippen LogP contribution is -2.13. The molecule has 158 valence electrons. The van der Waals surface area contributed by atoms with Gasteiger partial charge in [0.15, 0.2) is 9.84 Å². The summed E-state index contributed by atoms with van der Waals surface area (Å²) in [4.78, 5) is 6.10. The van der Waals surface area contributed by atoms with Crippen molar-refractivity contribution in [2.75, 3.05) is 5.75 Å². The predicted octanol–water partition coefficient (Wildman–Crippen LogP) is 6.74. The maximum Gasteiger partial charge on any atom is 0.178 e. The van der Waals surface area contributed by atoms with Gasteiger partial charge < -0.3 is 0 Å². The third-order valence-electron chi connectivity index (χ3n) is 5.89. The largest absolute Gasteiger partial charge is 0.261 e. The zero-order valence-corrected chi connectivity index (χ0v) is 19.5. The molecule has 0 spiro atoms. The molecule has 0 saturated heterocycles. The zero-order chi connectivity index (χ0) is 21.4. The van der Waals surface area contributed by atoms with Crippen molar-refractivity contribution < 1.29 is 8.42 Å². The van der Waals surface area contributed by atoms with Crippen LogP contribution in [0.15, 0.2) is 58.9 Å². The highest BCUT2D eigenvalue weighted by atomic mass is 32.2. The van der Waals surface area contributed by atoms with Gasteiger partial charge in [0.05, 0.1) is 10.6 Å². The summed E-state index contributed by atoms with van der Waals surface area (Å²) in [6, 6.07) is 13.8. The van der Waals surface area contributed by atoms with Crippen LogP contribution in [0.5, 0.6) is 0 Å². The summed E-state index contributed by atoms with van der Waals surface area (Å²) in [5.74, 6) is 0.612. The van der Waals surface area contributed by atoms with E-state index in [9.17, 15) is 8.42 Å². The third kappa shape index (κ3) is 4.68. The van der Waals surface area contributed by atoms with E-state index in [4.69, 9.17) is 0 Å². The minimum Gasteiger partial charge on any atom is -0.261 e. The number of nitrogens with zero attached hydrogens (tertiary/aromatic N) is 1. The smallest absolute Gasteiger partial charge is 0.178 e. The Kier molecular flexibility index (Phi) is 5.86. The molecule has 0 radical (unpaired) electrons. The molecule has 2 aromatic heterocycles. The Hall–Kier alpha value is -1.98. The molecule has 3 nitrogen and oxygen atoms in total. The Labute approximate surface area is 184 Å². The van der Waals surface area contributed by atoms with E-state index in [2.05, 4.69) is 43.3 Å². The molecule has 1 aliphatic rings. The number of benzene rings is 1. The number of thiophene rings is 1. The van der Waals surface area contributed by atoms with Crippen molar-refractivity contribution in [1.29, 1.82) is 0 Å². The molecule has 3 aromatic rings. The second-order valence-electron chi connectivity index (χ2n) is 9.34. The number of aromatic nitrogens is 1. The average molecular weight is 440 g/mol. The zero-order valence-electron chi connectivity index (χ0n) is 17.9. The van der Waals surface area contributed by atoms with Crippen LogP contribution in [0.3, 0.4) is 0 Å². The van der Waals surface area contributed by atoms with E-state index in [0.717, 1.165) is 47.4 Å². The fourth-order valence-electron chi connectivity index (χ4n) is 4.07. The fourth-order valence-corrected chi connectivity index (χ4v) is 6.69. The van der Waals surface area contributed by atoms with E-state index in [1.807, 2.05) is 24.4 Å². The number of pyridine rings is 1. The Morgan fingerprint density at radius 3 is 2.33 bits per heavy atom. The van der Waals surface area contributed by atoms with Crippen LogP contribution in [0.1, 0.15) is 52.1 Å². The number of rotatable bonds is 5. The van der Waals surface area contributed by atoms with Crippen LogP contribution in [0.2, 0.25) is 0 Å². The number of sulfone groups is 1. The van der Waals surface area contributed by atoms with Crippen LogP contribution in [0.25, 0.3) is 21.6 Å². The minimum absolute atomic E-state index is 0.00861. The Balaban J connectivity index is 1.54. The van der Waals surface area contributed by atoms with E-state index in [1.165, 1.54) is 5.56 Å². The van der Waals surface area contributed by atoms with Crippen LogP contribution in [-0.2, 0) is 15.3 Å². The minimum atomic E-state index is -3.20. The molecule has 0 atom stereocenters. The van der Waals surface area contributed by atoms with Gasteiger partial charge in [-0.3, -0.25) is 4.98 Å². The highest BCUT2D eigenvalue weighted by Crippen LogP contribution is 2.35. The van der Waals surface area contributed by atoms with Gasteiger partial charge in [0.2, 0.25) is 0 Å². The van der Waals surface area contributed by atoms with E-state index < -0.39 is 9.84 Å². The van der Waals surface area contributed by atoms with Gasteiger partial charge in [-0.05, 0) is 71.2 Å². The predicted molar refractivity (Wildman–Crippen MR) is 126 cm³/mol. The molecular formula is C25H29NO2S2. The molecule has 0 bridgehead atoms. The first-order chi connectivity index (χ1) is 14.2. The Morgan fingerprint density at radius 1 is 0.967 bits per heavy atom. The van der Waals surface area contributed by atoms with Crippen molar-refractivity contribution in [1.82, 2.24) is 4.98 Å². The number of hydrogen-bond donors (Lipinski definition) is 0. The van der Waals surface area contributed by atoms with Crippen LogP contribution in [0, 0.1) is 5.92 Å². The van der Waals surface area contributed by atoms with E-state index in [-0.39, 0.29) is 11.2 Å². The maximum atomic E-state index is 12.7. The SMILES string of the molecule is CC(C)(C)c1cc(-c2csc(-c3ccc(S(=O)(=O)CC4CCCC4)cc3)c2)ccn1. The molecule has 0 aliphatic heterocycles. The molecule has 2 heterocycles. The summed E-state index contributed by atoms with van der Waals surface area (Å²) < 4.78 is 25.5. The third-order valence-corrected chi connectivity index (χ3v) is 8.77. The maximum absolute atomic E-state index is 12.7. The van der Waals surface area contributed by atoms with Crippen molar-refractivity contribution in [3.63, 3.8) is 0 Å². The van der Waals surface area contributed by atoms with Crippen LogP contribution >= 0.6 is 11.3 Å². The summed E-state index contributed by atoms with van der Waals surface area (Å²) >= 11 is 1.68. The van der Waals surface area contributed by atoms with Gasteiger partial charge in [0.1, 0.15) is 0 Å². The summed E-state index contributed by atoms with van der Waals surface area (Å²) in [5, 5.41) is 2.15. The molecular weight excluding hydrogens is 410 g/mol. The first-order valence-corrected chi connectivity index (χ1v) is 13.1. The van der Waals surface area contributed by atoms with Crippen molar-refractivity contribution in [2.45, 2.75) is 56.8 Å². The molecule has 1 fully saturated rings. The van der Waals surface area contributed by atoms with Gasteiger partial charge in [0, 0.05) is 22.2 Å². The lowest BCUT2D eigenvalue weighted by Gasteiger charge is -2.18. The highest BCUT2D eigenvalue weighted by molar-refractivity contribution is 7.91. The van der Waals surface area contributed by atoms with Gasteiger partial charge in [-0.1, -0.05) is 45.7 Å². The van der Waals surface area contributed by atoms with Gasteiger partial charge in [-0.25, -0.2) is 8.42 Å². The fraction of sp³-hybridized carbons (Fsp3) is 0.400. The van der Waals surface area contributed by atoms with Crippen molar-refractivity contribution in [2.24, 2.45) is 5.92 Å². The standard InChI is InChI=1S/C25H29NO2S2/c1-25(2,3)24-15-20(12-13-26-24)21-14-23(29-16-21)19-8-10-22(11-9-19)30(27,28)17-18-6-4-5-7-18/h8-16,18H,4-7,17H2,1-3H3. The lowest BCUT2D eigenvalue weighted by atomic mass is 9.90. The van der Waals surface area contributed by atoms with Crippen molar-refractivity contribution >= 4 is 21.2 Å². The first-order valence-electron chi connectivity index (χ1n) is 10.6. The molecule has 4 rings (SSSR count). The molecule has 1 saturated carbocycles. The van der Waals surface area contributed by atoms with Gasteiger partial charge >= 0.3 is 0 Å². The highest BCUT2D eigenvalue weighted by Gasteiger charge is 2.24. The van der Waals surface area contributed by atoms with Crippen LogP contribution < -0.4 is 0 Å². The topological polar surface area (TPSA) is 47.0 Å². The van der Waals surface area contributed by atoms with Crippen LogP contribution in [-0.4, -0.2) is 19.2 Å².